The Hall–Kier alpha value is -3.92. The molecule has 0 aromatic heterocycles. The molecule has 0 spiro atoms. The van der Waals surface area contributed by atoms with Gasteiger partial charge in [0.25, 0.3) is 0 Å². The molecule has 2 amide bonds. The van der Waals surface area contributed by atoms with Crippen molar-refractivity contribution >= 4 is 22.6 Å². The molecule has 0 heterocycles. The second kappa shape index (κ2) is 12.9. The molecule has 0 saturated carbocycles. The van der Waals surface area contributed by atoms with Crippen molar-refractivity contribution in [2.45, 2.75) is 58.2 Å². The topological polar surface area (TPSA) is 49.4 Å². The SMILES string of the molecule is CC[C@@H](C)NC(=O)[C@@H](Cc1ccccc1)N(Cc1ccccc1)C(=O)CCc1cccc2ccccc12. The lowest BCUT2D eigenvalue weighted by atomic mass is 9.99. The van der Waals surface area contributed by atoms with Gasteiger partial charge in [0.2, 0.25) is 11.8 Å². The quantitative estimate of drug-likeness (QED) is 0.266. The van der Waals surface area contributed by atoms with E-state index in [1.807, 2.05) is 92.7 Å². The van der Waals surface area contributed by atoms with Crippen LogP contribution in [0.4, 0.5) is 0 Å². The lowest BCUT2D eigenvalue weighted by molar-refractivity contribution is -0.141. The molecule has 190 valence electrons. The molecular weight excluding hydrogens is 456 g/mol. The van der Waals surface area contributed by atoms with Gasteiger partial charge in [0.05, 0.1) is 0 Å². The standard InChI is InChI=1S/C33H36N2O2/c1-3-25(2)34-33(37)31(23-26-13-6-4-7-14-26)35(24-27-15-8-5-9-16-27)32(36)22-21-29-19-12-18-28-17-10-11-20-30(28)29/h4-20,25,31H,3,21-24H2,1-2H3,(H,34,37)/t25-,31-/m1/s1. The minimum Gasteiger partial charge on any atom is -0.352 e. The molecule has 4 heteroatoms. The van der Waals surface area contributed by atoms with Crippen LogP contribution in [-0.4, -0.2) is 28.8 Å². The molecule has 37 heavy (non-hydrogen) atoms. The molecule has 0 saturated heterocycles. The normalized spacial score (nSPS) is 12.6. The van der Waals surface area contributed by atoms with Crippen molar-refractivity contribution < 1.29 is 9.59 Å². The lowest BCUT2D eigenvalue weighted by Gasteiger charge is -2.32. The van der Waals surface area contributed by atoms with Gasteiger partial charge in [-0.2, -0.15) is 0 Å². The van der Waals surface area contributed by atoms with Gasteiger partial charge in [-0.05, 0) is 47.2 Å². The summed E-state index contributed by atoms with van der Waals surface area (Å²) in [6, 6.07) is 33.8. The maximum absolute atomic E-state index is 13.9. The number of amides is 2. The number of fused-ring (bicyclic) bond motifs is 1. The van der Waals surface area contributed by atoms with E-state index in [1.165, 1.54) is 10.8 Å². The van der Waals surface area contributed by atoms with Crippen LogP contribution in [-0.2, 0) is 29.0 Å². The maximum Gasteiger partial charge on any atom is 0.243 e. The first-order valence-electron chi connectivity index (χ1n) is 13.2. The van der Waals surface area contributed by atoms with Gasteiger partial charge in [-0.25, -0.2) is 0 Å². The van der Waals surface area contributed by atoms with Crippen LogP contribution < -0.4 is 5.32 Å². The van der Waals surface area contributed by atoms with Gasteiger partial charge in [0, 0.05) is 25.4 Å². The molecule has 2 atom stereocenters. The molecule has 4 rings (SSSR count). The van der Waals surface area contributed by atoms with Crippen LogP contribution in [0.5, 0.6) is 0 Å². The predicted molar refractivity (Wildman–Crippen MR) is 151 cm³/mol. The average Bonchev–Trinajstić information content (AvgIpc) is 2.94. The predicted octanol–water partition coefficient (Wildman–Crippen LogP) is 6.33. The van der Waals surface area contributed by atoms with Gasteiger partial charge in [-0.1, -0.05) is 110 Å². The summed E-state index contributed by atoms with van der Waals surface area (Å²) >= 11 is 0. The lowest BCUT2D eigenvalue weighted by Crippen LogP contribution is -2.52. The molecule has 0 fully saturated rings. The maximum atomic E-state index is 13.9. The Balaban J connectivity index is 1.63. The molecule has 0 aliphatic carbocycles. The molecular formula is C33H36N2O2. The van der Waals surface area contributed by atoms with E-state index in [4.69, 9.17) is 0 Å². The van der Waals surface area contributed by atoms with Crippen LogP contribution in [0.25, 0.3) is 10.8 Å². The molecule has 0 unspecified atom stereocenters. The van der Waals surface area contributed by atoms with Crippen molar-refractivity contribution in [1.29, 1.82) is 0 Å². The fourth-order valence-electron chi connectivity index (χ4n) is 4.67. The molecule has 0 aliphatic heterocycles. The number of hydrogen-bond donors (Lipinski definition) is 1. The highest BCUT2D eigenvalue weighted by Gasteiger charge is 2.30. The fourth-order valence-corrected chi connectivity index (χ4v) is 4.67. The van der Waals surface area contributed by atoms with E-state index >= 15 is 0 Å². The van der Waals surface area contributed by atoms with Crippen molar-refractivity contribution in [3.63, 3.8) is 0 Å². The Morgan fingerprint density at radius 1 is 0.784 bits per heavy atom. The first-order chi connectivity index (χ1) is 18.0. The molecule has 0 bridgehead atoms. The highest BCUT2D eigenvalue weighted by atomic mass is 16.2. The van der Waals surface area contributed by atoms with Crippen LogP contribution in [0.1, 0.15) is 43.4 Å². The largest absolute Gasteiger partial charge is 0.352 e. The van der Waals surface area contributed by atoms with Crippen molar-refractivity contribution in [2.75, 3.05) is 0 Å². The minimum atomic E-state index is -0.600. The zero-order valence-electron chi connectivity index (χ0n) is 21.8. The van der Waals surface area contributed by atoms with Gasteiger partial charge < -0.3 is 10.2 Å². The minimum absolute atomic E-state index is 0.0166. The van der Waals surface area contributed by atoms with E-state index in [2.05, 4.69) is 29.6 Å². The summed E-state index contributed by atoms with van der Waals surface area (Å²) in [6.07, 6.45) is 2.26. The van der Waals surface area contributed by atoms with Gasteiger partial charge in [-0.3, -0.25) is 9.59 Å². The van der Waals surface area contributed by atoms with Crippen molar-refractivity contribution in [3.8, 4) is 0 Å². The number of rotatable bonds is 11. The van der Waals surface area contributed by atoms with Gasteiger partial charge >= 0.3 is 0 Å². The zero-order chi connectivity index (χ0) is 26.0. The van der Waals surface area contributed by atoms with E-state index in [0.29, 0.717) is 25.8 Å². The van der Waals surface area contributed by atoms with Crippen molar-refractivity contribution in [1.82, 2.24) is 10.2 Å². The third-order valence-corrected chi connectivity index (χ3v) is 6.96. The Kier molecular flexibility index (Phi) is 9.09. The monoisotopic (exact) mass is 492 g/mol. The molecule has 0 radical (unpaired) electrons. The van der Waals surface area contributed by atoms with Crippen LogP contribution >= 0.6 is 0 Å². The van der Waals surface area contributed by atoms with Crippen LogP contribution in [0.15, 0.2) is 103 Å². The van der Waals surface area contributed by atoms with Crippen LogP contribution in [0, 0.1) is 0 Å². The summed E-state index contributed by atoms with van der Waals surface area (Å²) < 4.78 is 0. The number of nitrogens with zero attached hydrogens (tertiary/aromatic N) is 1. The van der Waals surface area contributed by atoms with E-state index in [0.717, 1.165) is 23.1 Å². The van der Waals surface area contributed by atoms with Crippen molar-refractivity contribution in [2.24, 2.45) is 0 Å². The number of benzene rings is 4. The van der Waals surface area contributed by atoms with Gasteiger partial charge in [0.15, 0.2) is 0 Å². The summed E-state index contributed by atoms with van der Waals surface area (Å²) in [5, 5.41) is 5.48. The molecule has 4 aromatic carbocycles. The Bertz CT molecular complexity index is 1300. The Morgan fingerprint density at radius 2 is 1.41 bits per heavy atom. The van der Waals surface area contributed by atoms with E-state index in [9.17, 15) is 9.59 Å². The fraction of sp³-hybridized carbons (Fsp3) is 0.273. The number of aryl methyl sites for hydroxylation is 1. The number of carbonyl (C=O) groups excluding carboxylic acids is 2. The van der Waals surface area contributed by atoms with E-state index < -0.39 is 6.04 Å². The highest BCUT2D eigenvalue weighted by molar-refractivity contribution is 5.89. The van der Waals surface area contributed by atoms with Crippen molar-refractivity contribution in [3.05, 3.63) is 120 Å². The van der Waals surface area contributed by atoms with Crippen LogP contribution in [0.2, 0.25) is 0 Å². The first-order valence-corrected chi connectivity index (χ1v) is 13.2. The summed E-state index contributed by atoms with van der Waals surface area (Å²) in [4.78, 5) is 29.3. The summed E-state index contributed by atoms with van der Waals surface area (Å²) in [7, 11) is 0. The Labute approximate surface area is 220 Å². The molecule has 4 nitrogen and oxygen atoms in total. The average molecular weight is 493 g/mol. The Morgan fingerprint density at radius 3 is 2.11 bits per heavy atom. The third-order valence-electron chi connectivity index (χ3n) is 6.96. The number of nitrogens with one attached hydrogen (secondary N) is 1. The summed E-state index contributed by atoms with van der Waals surface area (Å²) in [5.74, 6) is -0.121. The smallest absolute Gasteiger partial charge is 0.243 e. The molecule has 0 aliphatic rings. The van der Waals surface area contributed by atoms with Gasteiger partial charge in [-0.15, -0.1) is 0 Å². The summed E-state index contributed by atoms with van der Waals surface area (Å²) in [6.45, 7) is 4.44. The number of carbonyl (C=O) groups is 2. The first kappa shape index (κ1) is 26.2. The van der Waals surface area contributed by atoms with E-state index in [-0.39, 0.29) is 17.9 Å². The third kappa shape index (κ3) is 7.07. The van der Waals surface area contributed by atoms with Crippen LogP contribution in [0.3, 0.4) is 0 Å². The van der Waals surface area contributed by atoms with E-state index in [1.54, 1.807) is 4.90 Å². The second-order valence-electron chi connectivity index (χ2n) is 9.67. The number of hydrogen-bond acceptors (Lipinski definition) is 2. The second-order valence-corrected chi connectivity index (χ2v) is 9.67. The molecule has 1 N–H and O–H groups in total. The molecule has 4 aromatic rings. The zero-order valence-corrected chi connectivity index (χ0v) is 21.8. The highest BCUT2D eigenvalue weighted by Crippen LogP contribution is 2.22. The summed E-state index contributed by atoms with van der Waals surface area (Å²) in [5.41, 5.74) is 3.19. The van der Waals surface area contributed by atoms with Gasteiger partial charge in [0.1, 0.15) is 6.04 Å².